The van der Waals surface area contributed by atoms with E-state index in [1.165, 1.54) is 4.31 Å². The van der Waals surface area contributed by atoms with E-state index in [4.69, 9.17) is 4.52 Å². The molecule has 1 N–H and O–H groups in total. The molecule has 2 amide bonds. The van der Waals surface area contributed by atoms with Gasteiger partial charge >= 0.3 is 0 Å². The van der Waals surface area contributed by atoms with Crippen LogP contribution in [0.15, 0.2) is 9.42 Å². The van der Waals surface area contributed by atoms with Gasteiger partial charge in [0.1, 0.15) is 10.6 Å². The fourth-order valence-electron chi connectivity index (χ4n) is 4.39. The van der Waals surface area contributed by atoms with Crippen molar-refractivity contribution in [3.63, 3.8) is 0 Å². The highest BCUT2D eigenvalue weighted by molar-refractivity contribution is 7.89. The van der Waals surface area contributed by atoms with E-state index in [2.05, 4.69) is 10.5 Å². The smallest absolute Gasteiger partial charge is 0.248 e. The second kappa shape index (κ2) is 9.47. The van der Waals surface area contributed by atoms with Gasteiger partial charge < -0.3 is 14.7 Å². The molecule has 30 heavy (non-hydrogen) atoms. The number of hydrogen-bond donors (Lipinski definition) is 1. The summed E-state index contributed by atoms with van der Waals surface area (Å²) in [6, 6.07) is 0. The molecule has 0 saturated carbocycles. The summed E-state index contributed by atoms with van der Waals surface area (Å²) in [5, 5.41) is 6.72. The van der Waals surface area contributed by atoms with E-state index in [9.17, 15) is 18.0 Å². The third kappa shape index (κ3) is 4.85. The van der Waals surface area contributed by atoms with Crippen LogP contribution in [0.3, 0.4) is 0 Å². The average molecular weight is 441 g/mol. The van der Waals surface area contributed by atoms with Gasteiger partial charge in [0.15, 0.2) is 5.76 Å². The summed E-state index contributed by atoms with van der Waals surface area (Å²) in [4.78, 5) is 26.1. The molecule has 9 nitrogen and oxygen atoms in total. The molecule has 2 fully saturated rings. The predicted molar refractivity (Wildman–Crippen MR) is 110 cm³/mol. The molecular weight excluding hydrogens is 408 g/mol. The number of likely N-dealkylation sites (tertiary alicyclic amines) is 1. The van der Waals surface area contributed by atoms with Crippen LogP contribution < -0.4 is 5.32 Å². The Morgan fingerprint density at radius 3 is 2.53 bits per heavy atom. The van der Waals surface area contributed by atoms with Crippen LogP contribution in [0.1, 0.15) is 50.5 Å². The van der Waals surface area contributed by atoms with Crippen LogP contribution in [0.4, 0.5) is 0 Å². The molecule has 2 aliphatic rings. The fraction of sp³-hybridized carbons (Fsp3) is 0.750. The first kappa shape index (κ1) is 22.7. The SMILES string of the molecule is Cc1noc(C)c1S(=O)(=O)N1CCC([C@H](C)C(=O)NCCCN2CCCC2=O)CC1. The largest absolute Gasteiger partial charge is 0.360 e. The van der Waals surface area contributed by atoms with Crippen LogP contribution in [-0.2, 0) is 19.6 Å². The summed E-state index contributed by atoms with van der Waals surface area (Å²) in [7, 11) is -3.64. The number of hydrogen-bond acceptors (Lipinski definition) is 6. The maximum atomic E-state index is 12.9. The van der Waals surface area contributed by atoms with Crippen molar-refractivity contribution in [3.8, 4) is 0 Å². The molecule has 1 atom stereocenters. The molecule has 0 bridgehead atoms. The molecule has 2 saturated heterocycles. The third-order valence-electron chi connectivity index (χ3n) is 6.26. The van der Waals surface area contributed by atoms with Crippen molar-refractivity contribution in [2.45, 2.75) is 57.8 Å². The molecule has 3 rings (SSSR count). The summed E-state index contributed by atoms with van der Waals surface area (Å²) in [6.07, 6.45) is 3.58. The number of piperidine rings is 1. The lowest BCUT2D eigenvalue weighted by molar-refractivity contribution is -0.127. The van der Waals surface area contributed by atoms with Crippen molar-refractivity contribution in [2.24, 2.45) is 11.8 Å². The number of nitrogens with zero attached hydrogens (tertiary/aromatic N) is 3. The molecule has 0 radical (unpaired) electrons. The zero-order valence-electron chi connectivity index (χ0n) is 18.0. The second-order valence-corrected chi connectivity index (χ2v) is 10.2. The van der Waals surface area contributed by atoms with Gasteiger partial charge in [-0.15, -0.1) is 0 Å². The first-order chi connectivity index (χ1) is 14.2. The number of nitrogens with one attached hydrogen (secondary N) is 1. The Hall–Kier alpha value is -1.94. The van der Waals surface area contributed by atoms with E-state index in [-0.39, 0.29) is 28.5 Å². The lowest BCUT2D eigenvalue weighted by Gasteiger charge is -2.33. The number of sulfonamides is 1. The Balaban J connectivity index is 1.45. The molecular formula is C20H32N4O5S. The molecule has 168 valence electrons. The van der Waals surface area contributed by atoms with Gasteiger partial charge in [0.25, 0.3) is 0 Å². The van der Waals surface area contributed by atoms with Gasteiger partial charge in [-0.3, -0.25) is 9.59 Å². The Kier molecular flexibility index (Phi) is 7.18. The summed E-state index contributed by atoms with van der Waals surface area (Å²) < 4.78 is 32.3. The third-order valence-corrected chi connectivity index (χ3v) is 8.40. The quantitative estimate of drug-likeness (QED) is 0.613. The van der Waals surface area contributed by atoms with Crippen LogP contribution in [0.5, 0.6) is 0 Å². The van der Waals surface area contributed by atoms with Crippen LogP contribution in [-0.4, -0.2) is 67.3 Å². The van der Waals surface area contributed by atoms with Gasteiger partial charge in [-0.05, 0) is 45.4 Å². The first-order valence-electron chi connectivity index (χ1n) is 10.7. The standard InChI is InChI=1S/C20H32N4O5S/c1-14(20(26)21-9-5-11-23-10-4-6-18(23)25)17-7-12-24(13-8-17)30(27,28)19-15(2)22-29-16(19)3/h14,17H,4-13H2,1-3H3,(H,21,26)/t14-/m0/s1. The maximum absolute atomic E-state index is 12.9. The summed E-state index contributed by atoms with van der Waals surface area (Å²) >= 11 is 0. The molecule has 0 spiro atoms. The van der Waals surface area contributed by atoms with Crippen LogP contribution in [0.25, 0.3) is 0 Å². The molecule has 0 unspecified atom stereocenters. The summed E-state index contributed by atoms with van der Waals surface area (Å²) in [5.74, 6) is 0.462. The Labute approximate surface area is 178 Å². The highest BCUT2D eigenvalue weighted by atomic mass is 32.2. The minimum atomic E-state index is -3.64. The minimum Gasteiger partial charge on any atom is -0.360 e. The molecule has 2 aliphatic heterocycles. The van der Waals surface area contributed by atoms with E-state index < -0.39 is 10.0 Å². The van der Waals surface area contributed by atoms with Crippen LogP contribution in [0, 0.1) is 25.7 Å². The van der Waals surface area contributed by atoms with Crippen molar-refractivity contribution in [3.05, 3.63) is 11.5 Å². The van der Waals surface area contributed by atoms with Gasteiger partial charge in [0.05, 0.1) is 0 Å². The number of aromatic nitrogens is 1. The van der Waals surface area contributed by atoms with Gasteiger partial charge in [0, 0.05) is 45.1 Å². The van der Waals surface area contributed by atoms with E-state index in [0.717, 1.165) is 19.4 Å². The van der Waals surface area contributed by atoms with E-state index in [1.807, 2.05) is 11.8 Å². The number of carbonyl (C=O) groups is 2. The molecule has 1 aromatic rings. The lowest BCUT2D eigenvalue weighted by atomic mass is 9.85. The Bertz CT molecular complexity index is 854. The van der Waals surface area contributed by atoms with Gasteiger partial charge in [-0.2, -0.15) is 4.31 Å². The second-order valence-electron chi connectivity index (χ2n) is 8.31. The monoisotopic (exact) mass is 440 g/mol. The zero-order valence-corrected chi connectivity index (χ0v) is 18.8. The first-order valence-corrected chi connectivity index (χ1v) is 12.1. The van der Waals surface area contributed by atoms with E-state index in [0.29, 0.717) is 56.9 Å². The molecule has 0 aliphatic carbocycles. The Morgan fingerprint density at radius 2 is 1.97 bits per heavy atom. The van der Waals surface area contributed by atoms with Crippen molar-refractivity contribution in [1.29, 1.82) is 0 Å². The number of carbonyl (C=O) groups excluding carboxylic acids is 2. The van der Waals surface area contributed by atoms with E-state index in [1.54, 1.807) is 13.8 Å². The summed E-state index contributed by atoms with van der Waals surface area (Å²) in [6.45, 7) is 7.95. The number of aryl methyl sites for hydroxylation is 2. The maximum Gasteiger partial charge on any atom is 0.248 e. The van der Waals surface area contributed by atoms with Crippen molar-refractivity contribution >= 4 is 21.8 Å². The minimum absolute atomic E-state index is 0.00483. The summed E-state index contributed by atoms with van der Waals surface area (Å²) in [5.41, 5.74) is 0.373. The highest BCUT2D eigenvalue weighted by Crippen LogP contribution is 2.30. The normalized spacial score (nSPS) is 20.0. The van der Waals surface area contributed by atoms with Gasteiger partial charge in [-0.25, -0.2) is 8.42 Å². The van der Waals surface area contributed by atoms with Crippen LogP contribution >= 0.6 is 0 Å². The van der Waals surface area contributed by atoms with Crippen molar-refractivity contribution in [2.75, 3.05) is 32.7 Å². The topological polar surface area (TPSA) is 113 Å². The van der Waals surface area contributed by atoms with Crippen molar-refractivity contribution < 1.29 is 22.5 Å². The molecule has 1 aromatic heterocycles. The predicted octanol–water partition coefficient (Wildman–Crippen LogP) is 1.46. The fourth-order valence-corrected chi connectivity index (χ4v) is 6.15. The number of amides is 2. The lowest BCUT2D eigenvalue weighted by Crippen LogP contribution is -2.43. The zero-order chi connectivity index (χ0) is 21.9. The highest BCUT2D eigenvalue weighted by Gasteiger charge is 2.36. The average Bonchev–Trinajstić information content (AvgIpc) is 3.29. The van der Waals surface area contributed by atoms with Gasteiger partial charge in [-0.1, -0.05) is 12.1 Å². The van der Waals surface area contributed by atoms with Crippen LogP contribution in [0.2, 0.25) is 0 Å². The Morgan fingerprint density at radius 1 is 1.27 bits per heavy atom. The van der Waals surface area contributed by atoms with Gasteiger partial charge in [0.2, 0.25) is 21.8 Å². The molecule has 3 heterocycles. The van der Waals surface area contributed by atoms with E-state index >= 15 is 0 Å². The molecule has 0 aromatic carbocycles. The molecule has 10 heteroatoms. The number of rotatable bonds is 8. The van der Waals surface area contributed by atoms with Crippen molar-refractivity contribution in [1.82, 2.24) is 19.7 Å².